The number of aromatic nitrogens is 3. The molecule has 0 bridgehead atoms. The van der Waals surface area contributed by atoms with Crippen molar-refractivity contribution in [2.45, 2.75) is 5.03 Å². The molecule has 0 aliphatic rings. The van der Waals surface area contributed by atoms with Crippen molar-refractivity contribution in [1.29, 1.82) is 0 Å². The Balaban J connectivity index is 1.85. The van der Waals surface area contributed by atoms with Gasteiger partial charge in [0.1, 0.15) is 5.03 Å². The number of hydrogen-bond donors (Lipinski definition) is 1. The van der Waals surface area contributed by atoms with Crippen molar-refractivity contribution >= 4 is 40.1 Å². The van der Waals surface area contributed by atoms with Crippen LogP contribution in [-0.2, 0) is 0 Å². The first-order valence-electron chi connectivity index (χ1n) is 6.10. The van der Waals surface area contributed by atoms with E-state index in [4.69, 9.17) is 16.3 Å². The third kappa shape index (κ3) is 3.01. The van der Waals surface area contributed by atoms with Gasteiger partial charge in [-0.1, -0.05) is 23.7 Å². The minimum Gasteiger partial charge on any atom is -0.480 e. The van der Waals surface area contributed by atoms with Gasteiger partial charge in [-0.05, 0) is 12.1 Å². The Kier molecular flexibility index (Phi) is 4.08. The SMILES string of the molecule is COc1cnc(SNc2c(Cl)ccc3cccnc23)cn1. The van der Waals surface area contributed by atoms with Crippen LogP contribution >= 0.6 is 23.5 Å². The summed E-state index contributed by atoms with van der Waals surface area (Å²) < 4.78 is 8.16. The number of methoxy groups -OCH3 is 1. The molecular weight excluding hydrogens is 308 g/mol. The summed E-state index contributed by atoms with van der Waals surface area (Å²) in [4.78, 5) is 12.7. The zero-order chi connectivity index (χ0) is 14.7. The van der Waals surface area contributed by atoms with E-state index in [2.05, 4.69) is 19.7 Å². The average molecular weight is 319 g/mol. The lowest BCUT2D eigenvalue weighted by molar-refractivity contribution is 0.394. The first-order chi connectivity index (χ1) is 10.3. The average Bonchev–Trinajstić information content (AvgIpc) is 2.54. The van der Waals surface area contributed by atoms with E-state index in [1.165, 1.54) is 11.9 Å². The Labute approximate surface area is 130 Å². The maximum absolute atomic E-state index is 6.25. The minimum absolute atomic E-state index is 0.476. The van der Waals surface area contributed by atoms with E-state index in [0.29, 0.717) is 15.9 Å². The fraction of sp³-hybridized carbons (Fsp3) is 0.0714. The van der Waals surface area contributed by atoms with Crippen LogP contribution in [0, 0.1) is 0 Å². The molecule has 0 unspecified atom stereocenters. The predicted molar refractivity (Wildman–Crippen MR) is 84.8 cm³/mol. The number of benzene rings is 1. The Morgan fingerprint density at radius 2 is 2.05 bits per heavy atom. The van der Waals surface area contributed by atoms with E-state index in [9.17, 15) is 0 Å². The number of rotatable bonds is 4. The molecule has 21 heavy (non-hydrogen) atoms. The van der Waals surface area contributed by atoms with Crippen molar-refractivity contribution < 1.29 is 4.74 Å². The molecule has 2 aromatic heterocycles. The highest BCUT2D eigenvalue weighted by Crippen LogP contribution is 2.32. The van der Waals surface area contributed by atoms with Crippen molar-refractivity contribution in [2.24, 2.45) is 0 Å². The van der Waals surface area contributed by atoms with Gasteiger partial charge in [-0.25, -0.2) is 9.97 Å². The van der Waals surface area contributed by atoms with Crippen molar-refractivity contribution in [1.82, 2.24) is 15.0 Å². The topological polar surface area (TPSA) is 59.9 Å². The lowest BCUT2D eigenvalue weighted by Gasteiger charge is -2.09. The highest BCUT2D eigenvalue weighted by molar-refractivity contribution is 8.00. The van der Waals surface area contributed by atoms with E-state index < -0.39 is 0 Å². The second-order valence-corrected chi connectivity index (χ2v) is 5.33. The summed E-state index contributed by atoms with van der Waals surface area (Å²) in [6.45, 7) is 0. The fourth-order valence-electron chi connectivity index (χ4n) is 1.78. The molecule has 0 aliphatic heterocycles. The molecule has 5 nitrogen and oxygen atoms in total. The molecule has 2 heterocycles. The summed E-state index contributed by atoms with van der Waals surface area (Å²) in [7, 11) is 1.55. The Morgan fingerprint density at radius 3 is 2.81 bits per heavy atom. The van der Waals surface area contributed by atoms with Gasteiger partial charge in [0.15, 0.2) is 0 Å². The first-order valence-corrected chi connectivity index (χ1v) is 7.29. The number of ether oxygens (including phenoxy) is 1. The third-order valence-corrected chi connectivity index (χ3v) is 3.84. The number of anilines is 1. The van der Waals surface area contributed by atoms with Crippen molar-refractivity contribution in [3.8, 4) is 5.88 Å². The van der Waals surface area contributed by atoms with E-state index >= 15 is 0 Å². The summed E-state index contributed by atoms with van der Waals surface area (Å²) in [6, 6.07) is 7.66. The standard InChI is InChI=1S/C14H11ClN4OS/c1-20-11-7-18-12(8-17-11)21-19-14-10(15)5-4-9-3-2-6-16-13(9)14/h2-8,19H,1H3. The highest BCUT2D eigenvalue weighted by atomic mass is 35.5. The number of fused-ring (bicyclic) bond motifs is 1. The van der Waals surface area contributed by atoms with Crippen LogP contribution in [0.4, 0.5) is 5.69 Å². The van der Waals surface area contributed by atoms with Crippen LogP contribution in [0.1, 0.15) is 0 Å². The minimum atomic E-state index is 0.476. The summed E-state index contributed by atoms with van der Waals surface area (Å²) in [5.41, 5.74) is 1.58. The van der Waals surface area contributed by atoms with E-state index in [1.54, 1.807) is 25.7 Å². The van der Waals surface area contributed by atoms with Gasteiger partial charge in [0.05, 0.1) is 35.7 Å². The molecule has 0 atom stereocenters. The summed E-state index contributed by atoms with van der Waals surface area (Å²) in [5.74, 6) is 0.476. The fourth-order valence-corrected chi connectivity index (χ4v) is 2.66. The van der Waals surface area contributed by atoms with Crippen molar-refractivity contribution in [2.75, 3.05) is 11.8 Å². The van der Waals surface area contributed by atoms with Crippen LogP contribution in [0.5, 0.6) is 5.88 Å². The number of nitrogens with zero attached hydrogens (tertiary/aromatic N) is 3. The molecule has 0 spiro atoms. The molecule has 7 heteroatoms. The molecule has 3 aromatic rings. The highest BCUT2D eigenvalue weighted by Gasteiger charge is 2.08. The van der Waals surface area contributed by atoms with Gasteiger partial charge >= 0.3 is 0 Å². The number of nitrogens with one attached hydrogen (secondary N) is 1. The molecule has 0 saturated carbocycles. The molecule has 0 saturated heterocycles. The van der Waals surface area contributed by atoms with Gasteiger partial charge < -0.3 is 9.46 Å². The third-order valence-electron chi connectivity index (χ3n) is 2.80. The molecule has 106 valence electrons. The maximum atomic E-state index is 6.25. The number of hydrogen-bond acceptors (Lipinski definition) is 6. The second kappa shape index (κ2) is 6.15. The summed E-state index contributed by atoms with van der Waals surface area (Å²) >= 11 is 7.56. The Hall–Kier alpha value is -2.05. The smallest absolute Gasteiger partial charge is 0.232 e. The zero-order valence-corrected chi connectivity index (χ0v) is 12.6. The molecule has 3 rings (SSSR count). The largest absolute Gasteiger partial charge is 0.480 e. The quantitative estimate of drug-likeness (QED) is 0.738. The van der Waals surface area contributed by atoms with Crippen LogP contribution in [0.15, 0.2) is 47.9 Å². The zero-order valence-electron chi connectivity index (χ0n) is 11.1. The normalized spacial score (nSPS) is 10.6. The first kappa shape index (κ1) is 13.9. The van der Waals surface area contributed by atoms with Gasteiger partial charge in [0.2, 0.25) is 5.88 Å². The molecule has 1 aromatic carbocycles. The van der Waals surface area contributed by atoms with Gasteiger partial charge in [-0.15, -0.1) is 0 Å². The lowest BCUT2D eigenvalue weighted by atomic mass is 10.2. The molecule has 0 amide bonds. The molecule has 0 aliphatic carbocycles. The lowest BCUT2D eigenvalue weighted by Crippen LogP contribution is -1.94. The van der Waals surface area contributed by atoms with Gasteiger partial charge in [0.25, 0.3) is 0 Å². The monoisotopic (exact) mass is 318 g/mol. The van der Waals surface area contributed by atoms with E-state index in [0.717, 1.165) is 16.6 Å². The van der Waals surface area contributed by atoms with Crippen LogP contribution in [-0.4, -0.2) is 22.1 Å². The molecule has 1 N–H and O–H groups in total. The van der Waals surface area contributed by atoms with Crippen LogP contribution in [0.2, 0.25) is 5.02 Å². The molecular formula is C14H11ClN4OS. The Bertz CT molecular complexity index is 767. The summed E-state index contributed by atoms with van der Waals surface area (Å²) in [6.07, 6.45) is 4.93. The van der Waals surface area contributed by atoms with Crippen molar-refractivity contribution in [3.05, 3.63) is 47.9 Å². The molecule has 0 radical (unpaired) electrons. The maximum Gasteiger partial charge on any atom is 0.232 e. The second-order valence-electron chi connectivity index (χ2n) is 4.10. The van der Waals surface area contributed by atoms with Gasteiger partial charge in [-0.2, -0.15) is 0 Å². The molecule has 0 fully saturated rings. The number of pyridine rings is 1. The van der Waals surface area contributed by atoms with Gasteiger partial charge in [0, 0.05) is 23.5 Å². The Morgan fingerprint density at radius 1 is 1.14 bits per heavy atom. The van der Waals surface area contributed by atoms with Crippen molar-refractivity contribution in [3.63, 3.8) is 0 Å². The number of halogens is 1. The predicted octanol–water partition coefficient (Wildman–Crippen LogP) is 3.81. The van der Waals surface area contributed by atoms with Crippen LogP contribution in [0.3, 0.4) is 0 Å². The van der Waals surface area contributed by atoms with Crippen LogP contribution < -0.4 is 9.46 Å². The van der Waals surface area contributed by atoms with E-state index in [-0.39, 0.29) is 0 Å². The summed E-state index contributed by atoms with van der Waals surface area (Å²) in [5, 5.41) is 2.33. The van der Waals surface area contributed by atoms with E-state index in [1.807, 2.05) is 24.3 Å². The van der Waals surface area contributed by atoms with Crippen LogP contribution in [0.25, 0.3) is 10.9 Å². The van der Waals surface area contributed by atoms with Gasteiger partial charge in [-0.3, -0.25) is 4.98 Å².